The molecule has 8 heteroatoms. The number of carbonyl (C=O) groups is 3. The van der Waals surface area contributed by atoms with E-state index in [0.29, 0.717) is 4.91 Å². The molecule has 0 radical (unpaired) electrons. The molecule has 2 amide bonds. The van der Waals surface area contributed by atoms with Crippen molar-refractivity contribution in [2.45, 2.75) is 33.8 Å². The molecule has 0 unspecified atom stereocenters. The molecule has 3 rings (SSSR count). The molecule has 29 heavy (non-hydrogen) atoms. The predicted molar refractivity (Wildman–Crippen MR) is 117 cm³/mol. The summed E-state index contributed by atoms with van der Waals surface area (Å²) in [6, 6.07) is 9.84. The Morgan fingerprint density at radius 2 is 1.93 bits per heavy atom. The van der Waals surface area contributed by atoms with E-state index in [1.165, 1.54) is 0 Å². The minimum absolute atomic E-state index is 0.291. The van der Waals surface area contributed by atoms with Gasteiger partial charge >= 0.3 is 5.97 Å². The van der Waals surface area contributed by atoms with Crippen molar-refractivity contribution in [3.63, 3.8) is 0 Å². The van der Waals surface area contributed by atoms with Gasteiger partial charge in [0.15, 0.2) is 0 Å². The number of hydrogen-bond donors (Lipinski definition) is 0. The molecular formula is C21H21BrN2O4S. The summed E-state index contributed by atoms with van der Waals surface area (Å²) in [4.78, 5) is 38.0. The molecule has 0 spiro atoms. The van der Waals surface area contributed by atoms with Gasteiger partial charge in [0.25, 0.3) is 11.1 Å². The first-order chi connectivity index (χ1) is 13.7. The lowest BCUT2D eigenvalue weighted by atomic mass is 10.2. The molecule has 0 bridgehead atoms. The van der Waals surface area contributed by atoms with Crippen LogP contribution in [-0.4, -0.2) is 39.2 Å². The summed E-state index contributed by atoms with van der Waals surface area (Å²) in [6.45, 7) is 7.00. The lowest BCUT2D eigenvalue weighted by Crippen LogP contribution is -2.35. The average Bonchev–Trinajstić information content (AvgIpc) is 3.05. The molecule has 0 atom stereocenters. The van der Waals surface area contributed by atoms with E-state index in [2.05, 4.69) is 20.5 Å². The second-order valence-electron chi connectivity index (χ2n) is 6.92. The summed E-state index contributed by atoms with van der Waals surface area (Å²) in [5.41, 5.74) is 3.78. The zero-order valence-electron chi connectivity index (χ0n) is 16.6. The van der Waals surface area contributed by atoms with Gasteiger partial charge < -0.3 is 9.30 Å². The molecule has 152 valence electrons. The highest BCUT2D eigenvalue weighted by Gasteiger charge is 2.37. The zero-order valence-corrected chi connectivity index (χ0v) is 19.0. The van der Waals surface area contributed by atoms with Gasteiger partial charge in [0.2, 0.25) is 0 Å². The molecule has 0 aliphatic carbocycles. The SMILES string of the molecule is Cc1cc(/C=C2/SC(=O)N(CC(=O)OC(C)C)C2=O)c(C)n1-c1ccccc1Br. The highest BCUT2D eigenvalue weighted by atomic mass is 79.9. The molecule has 1 saturated heterocycles. The van der Waals surface area contributed by atoms with Gasteiger partial charge in [-0.3, -0.25) is 19.3 Å². The quantitative estimate of drug-likeness (QED) is 0.455. The lowest BCUT2D eigenvalue weighted by Gasteiger charge is -2.13. The van der Waals surface area contributed by atoms with Crippen LogP contribution < -0.4 is 0 Å². The van der Waals surface area contributed by atoms with Crippen LogP contribution in [-0.2, 0) is 14.3 Å². The van der Waals surface area contributed by atoms with Gasteiger partial charge in [0.05, 0.1) is 16.7 Å². The van der Waals surface area contributed by atoms with Crippen molar-refractivity contribution < 1.29 is 19.1 Å². The Balaban J connectivity index is 1.89. The van der Waals surface area contributed by atoms with Crippen molar-refractivity contribution in [2.75, 3.05) is 6.54 Å². The molecule has 1 aromatic carbocycles. The molecule has 1 aliphatic heterocycles. The number of carbonyl (C=O) groups excluding carboxylic acids is 3. The van der Waals surface area contributed by atoms with E-state index in [1.807, 2.05) is 44.2 Å². The first-order valence-electron chi connectivity index (χ1n) is 9.07. The molecule has 2 heterocycles. The fourth-order valence-electron chi connectivity index (χ4n) is 3.14. The van der Waals surface area contributed by atoms with Crippen molar-refractivity contribution in [3.8, 4) is 5.69 Å². The Hall–Kier alpha value is -2.32. The number of hydrogen-bond acceptors (Lipinski definition) is 5. The number of aryl methyl sites for hydroxylation is 1. The van der Waals surface area contributed by atoms with E-state index in [0.717, 1.165) is 43.8 Å². The Kier molecular flexibility index (Phi) is 6.33. The minimum atomic E-state index is -0.601. The van der Waals surface area contributed by atoms with E-state index in [-0.39, 0.29) is 12.6 Å². The van der Waals surface area contributed by atoms with Crippen molar-refractivity contribution >= 4 is 50.9 Å². The number of halogens is 1. The molecule has 1 aliphatic rings. The second kappa shape index (κ2) is 8.59. The topological polar surface area (TPSA) is 68.6 Å². The highest BCUT2D eigenvalue weighted by molar-refractivity contribution is 9.10. The summed E-state index contributed by atoms with van der Waals surface area (Å²) < 4.78 is 8.08. The van der Waals surface area contributed by atoms with Crippen LogP contribution in [0.3, 0.4) is 0 Å². The molecule has 1 fully saturated rings. The fraction of sp³-hybridized carbons (Fsp3) is 0.286. The minimum Gasteiger partial charge on any atom is -0.462 e. The molecular weight excluding hydrogens is 456 g/mol. The van der Waals surface area contributed by atoms with Crippen LogP contribution in [0.5, 0.6) is 0 Å². The Bertz CT molecular complexity index is 1030. The maximum Gasteiger partial charge on any atom is 0.326 e. The van der Waals surface area contributed by atoms with E-state index in [1.54, 1.807) is 19.9 Å². The molecule has 6 nitrogen and oxygen atoms in total. The summed E-state index contributed by atoms with van der Waals surface area (Å²) in [7, 11) is 0. The average molecular weight is 477 g/mol. The van der Waals surface area contributed by atoms with Gasteiger partial charge in [-0.15, -0.1) is 0 Å². The molecule has 0 saturated carbocycles. The van der Waals surface area contributed by atoms with Crippen LogP contribution >= 0.6 is 27.7 Å². The van der Waals surface area contributed by atoms with Gasteiger partial charge in [-0.1, -0.05) is 12.1 Å². The summed E-state index contributed by atoms with van der Waals surface area (Å²) in [5, 5.41) is -0.471. The molecule has 2 aromatic rings. The van der Waals surface area contributed by atoms with E-state index >= 15 is 0 Å². The largest absolute Gasteiger partial charge is 0.462 e. The van der Waals surface area contributed by atoms with Crippen molar-refractivity contribution in [1.82, 2.24) is 9.47 Å². The third-order valence-electron chi connectivity index (χ3n) is 4.38. The first-order valence-corrected chi connectivity index (χ1v) is 10.7. The maximum atomic E-state index is 12.7. The number of imide groups is 1. The summed E-state index contributed by atoms with van der Waals surface area (Å²) in [6.07, 6.45) is 1.40. The summed E-state index contributed by atoms with van der Waals surface area (Å²) in [5.74, 6) is -1.08. The molecule has 0 N–H and O–H groups in total. The van der Waals surface area contributed by atoms with Gasteiger partial charge in [-0.25, -0.2) is 0 Å². The van der Waals surface area contributed by atoms with Crippen LogP contribution in [0, 0.1) is 13.8 Å². The fourth-order valence-corrected chi connectivity index (χ4v) is 4.44. The van der Waals surface area contributed by atoms with Crippen molar-refractivity contribution in [2.24, 2.45) is 0 Å². The van der Waals surface area contributed by atoms with Crippen LogP contribution in [0.4, 0.5) is 4.79 Å². The van der Waals surface area contributed by atoms with Crippen LogP contribution in [0.15, 0.2) is 39.7 Å². The number of nitrogens with zero attached hydrogens (tertiary/aromatic N) is 2. The third-order valence-corrected chi connectivity index (χ3v) is 5.96. The zero-order chi connectivity index (χ0) is 21.3. The first kappa shape index (κ1) is 21.4. The van der Waals surface area contributed by atoms with Crippen molar-refractivity contribution in [3.05, 3.63) is 56.7 Å². The van der Waals surface area contributed by atoms with Crippen LogP contribution in [0.25, 0.3) is 11.8 Å². The normalized spacial score (nSPS) is 15.7. The number of esters is 1. The number of benzene rings is 1. The van der Waals surface area contributed by atoms with E-state index in [9.17, 15) is 14.4 Å². The third kappa shape index (κ3) is 4.48. The standard InChI is InChI=1S/C21H21BrN2O4S/c1-12(2)28-19(25)11-23-20(26)18(29-21(23)27)10-15-9-13(3)24(14(15)4)17-8-6-5-7-16(17)22/h5-10,12H,11H2,1-4H3/b18-10+. The van der Waals surface area contributed by atoms with E-state index < -0.39 is 17.1 Å². The summed E-state index contributed by atoms with van der Waals surface area (Å²) >= 11 is 4.41. The van der Waals surface area contributed by atoms with Gasteiger partial charge in [0.1, 0.15) is 6.54 Å². The monoisotopic (exact) mass is 476 g/mol. The highest BCUT2D eigenvalue weighted by Crippen LogP contribution is 2.34. The second-order valence-corrected chi connectivity index (χ2v) is 8.77. The van der Waals surface area contributed by atoms with Crippen molar-refractivity contribution in [1.29, 1.82) is 0 Å². The number of aromatic nitrogens is 1. The van der Waals surface area contributed by atoms with Gasteiger partial charge in [0, 0.05) is 15.9 Å². The van der Waals surface area contributed by atoms with Crippen LogP contribution in [0.2, 0.25) is 0 Å². The number of para-hydroxylation sites is 1. The van der Waals surface area contributed by atoms with E-state index in [4.69, 9.17) is 4.74 Å². The predicted octanol–water partition coefficient (Wildman–Crippen LogP) is 4.84. The number of rotatable bonds is 5. The molecule has 1 aromatic heterocycles. The number of amides is 2. The number of thioether (sulfide) groups is 1. The van der Waals surface area contributed by atoms with Gasteiger partial charge in [-0.05, 0) is 85.2 Å². The lowest BCUT2D eigenvalue weighted by molar-refractivity contribution is -0.149. The smallest absolute Gasteiger partial charge is 0.326 e. The van der Waals surface area contributed by atoms with Crippen LogP contribution in [0.1, 0.15) is 30.8 Å². The maximum absolute atomic E-state index is 12.7. The number of ether oxygens (including phenoxy) is 1. The Morgan fingerprint density at radius 3 is 2.59 bits per heavy atom. The Morgan fingerprint density at radius 1 is 1.24 bits per heavy atom. The van der Waals surface area contributed by atoms with Gasteiger partial charge in [-0.2, -0.15) is 0 Å². The Labute approximate surface area is 182 Å².